The molecular weight excluding hydrogens is 368 g/mol. The summed E-state index contributed by atoms with van der Waals surface area (Å²) < 4.78 is 5.41. The summed E-state index contributed by atoms with van der Waals surface area (Å²) in [5, 5.41) is 11.6. The van der Waals surface area contributed by atoms with Crippen molar-refractivity contribution in [1.82, 2.24) is 9.80 Å². The number of carbonyl (C=O) groups excluding carboxylic acids is 2. The average Bonchev–Trinajstić information content (AvgIpc) is 2.73. The predicted molar refractivity (Wildman–Crippen MR) is 110 cm³/mol. The molecule has 1 saturated heterocycles. The lowest BCUT2D eigenvalue weighted by Crippen LogP contribution is -2.56. The molecule has 1 heterocycles. The van der Waals surface area contributed by atoms with Gasteiger partial charge in [0, 0.05) is 26.2 Å². The number of piperazine rings is 1. The van der Waals surface area contributed by atoms with Crippen LogP contribution in [0.15, 0.2) is 60.7 Å². The molecule has 2 amide bonds. The maximum Gasteiger partial charge on any atom is 0.410 e. The predicted octanol–water partition coefficient (Wildman–Crippen LogP) is 3.00. The van der Waals surface area contributed by atoms with E-state index in [2.05, 4.69) is 0 Å². The number of benzene rings is 2. The Bertz CT molecular complexity index is 799. The number of aliphatic hydroxyl groups is 1. The zero-order chi connectivity index (χ0) is 21.1. The van der Waals surface area contributed by atoms with Gasteiger partial charge in [-0.25, -0.2) is 4.79 Å². The molecule has 0 aliphatic carbocycles. The van der Waals surface area contributed by atoms with Crippen LogP contribution in [0.5, 0.6) is 0 Å². The van der Waals surface area contributed by atoms with Crippen LogP contribution in [-0.4, -0.2) is 58.7 Å². The van der Waals surface area contributed by atoms with Crippen LogP contribution >= 0.6 is 0 Å². The Morgan fingerprint density at radius 1 is 0.793 bits per heavy atom. The van der Waals surface area contributed by atoms with Crippen LogP contribution in [0.2, 0.25) is 0 Å². The van der Waals surface area contributed by atoms with Crippen molar-refractivity contribution in [3.63, 3.8) is 0 Å². The van der Waals surface area contributed by atoms with E-state index >= 15 is 0 Å². The highest BCUT2D eigenvalue weighted by Gasteiger charge is 2.43. The topological polar surface area (TPSA) is 70.1 Å². The molecule has 2 aromatic rings. The minimum absolute atomic E-state index is 0.333. The molecule has 1 aliphatic rings. The van der Waals surface area contributed by atoms with Crippen molar-refractivity contribution < 1.29 is 19.4 Å². The Morgan fingerprint density at radius 3 is 1.62 bits per heavy atom. The molecule has 6 heteroatoms. The fourth-order valence-corrected chi connectivity index (χ4v) is 3.42. The minimum atomic E-state index is -1.78. The highest BCUT2D eigenvalue weighted by molar-refractivity contribution is 5.90. The molecule has 0 unspecified atom stereocenters. The molecule has 3 rings (SSSR count). The summed E-state index contributed by atoms with van der Waals surface area (Å²) in [7, 11) is 0. The van der Waals surface area contributed by atoms with Gasteiger partial charge in [0.2, 0.25) is 0 Å². The molecular formula is C23H28N2O4. The van der Waals surface area contributed by atoms with Gasteiger partial charge in [-0.2, -0.15) is 0 Å². The highest BCUT2D eigenvalue weighted by Crippen LogP contribution is 2.32. The second-order valence-corrected chi connectivity index (χ2v) is 8.20. The Hall–Kier alpha value is -2.86. The molecule has 0 bridgehead atoms. The lowest BCUT2D eigenvalue weighted by molar-refractivity contribution is -0.150. The number of nitrogens with zero attached hydrogens (tertiary/aromatic N) is 2. The van der Waals surface area contributed by atoms with E-state index in [-0.39, 0.29) is 6.09 Å². The van der Waals surface area contributed by atoms with E-state index in [0.29, 0.717) is 37.3 Å². The maximum atomic E-state index is 13.5. The molecule has 0 radical (unpaired) electrons. The van der Waals surface area contributed by atoms with Gasteiger partial charge in [0.05, 0.1) is 0 Å². The van der Waals surface area contributed by atoms with Gasteiger partial charge in [0.15, 0.2) is 5.60 Å². The van der Waals surface area contributed by atoms with Crippen molar-refractivity contribution in [1.29, 1.82) is 0 Å². The molecule has 0 atom stereocenters. The smallest absolute Gasteiger partial charge is 0.410 e. The largest absolute Gasteiger partial charge is 0.444 e. The zero-order valence-electron chi connectivity index (χ0n) is 17.2. The van der Waals surface area contributed by atoms with Crippen LogP contribution in [-0.2, 0) is 15.1 Å². The molecule has 1 fully saturated rings. The first-order valence-electron chi connectivity index (χ1n) is 9.82. The Balaban J connectivity index is 1.79. The van der Waals surface area contributed by atoms with Gasteiger partial charge in [0.25, 0.3) is 5.91 Å². The maximum absolute atomic E-state index is 13.5. The molecule has 0 saturated carbocycles. The summed E-state index contributed by atoms with van der Waals surface area (Å²) in [5.41, 5.74) is -1.31. The average molecular weight is 396 g/mol. The van der Waals surface area contributed by atoms with Crippen molar-refractivity contribution in [3.8, 4) is 0 Å². The summed E-state index contributed by atoms with van der Waals surface area (Å²) >= 11 is 0. The third-order valence-corrected chi connectivity index (χ3v) is 4.91. The first-order valence-corrected chi connectivity index (χ1v) is 9.82. The van der Waals surface area contributed by atoms with Gasteiger partial charge in [-0.15, -0.1) is 0 Å². The minimum Gasteiger partial charge on any atom is -0.444 e. The van der Waals surface area contributed by atoms with Crippen molar-refractivity contribution in [3.05, 3.63) is 71.8 Å². The molecule has 1 aliphatic heterocycles. The van der Waals surface area contributed by atoms with Crippen LogP contribution in [0.3, 0.4) is 0 Å². The fourth-order valence-electron chi connectivity index (χ4n) is 3.42. The molecule has 1 N–H and O–H groups in total. The second-order valence-electron chi connectivity index (χ2n) is 8.20. The summed E-state index contributed by atoms with van der Waals surface area (Å²) in [6, 6.07) is 17.9. The molecule has 2 aromatic carbocycles. The highest BCUT2D eigenvalue weighted by atomic mass is 16.6. The van der Waals surface area contributed by atoms with Gasteiger partial charge in [0.1, 0.15) is 5.60 Å². The third-order valence-electron chi connectivity index (χ3n) is 4.91. The summed E-state index contributed by atoms with van der Waals surface area (Å²) in [6.07, 6.45) is -0.383. The van der Waals surface area contributed by atoms with Crippen LogP contribution in [0.4, 0.5) is 4.79 Å². The summed E-state index contributed by atoms with van der Waals surface area (Å²) in [5.74, 6) is -0.390. The number of ether oxygens (including phenoxy) is 1. The van der Waals surface area contributed by atoms with Gasteiger partial charge in [-0.1, -0.05) is 60.7 Å². The van der Waals surface area contributed by atoms with Crippen LogP contribution in [0, 0.1) is 0 Å². The van der Waals surface area contributed by atoms with Gasteiger partial charge in [-0.3, -0.25) is 4.79 Å². The first-order chi connectivity index (χ1) is 13.7. The Kier molecular flexibility index (Phi) is 5.94. The Labute approximate surface area is 171 Å². The zero-order valence-corrected chi connectivity index (χ0v) is 17.2. The SMILES string of the molecule is CC(C)(C)OC(=O)N1CCN(C(=O)C(O)(c2ccccc2)c2ccccc2)CC1. The normalized spacial score (nSPS) is 15.2. The van der Waals surface area contributed by atoms with E-state index in [1.54, 1.807) is 58.3 Å². The van der Waals surface area contributed by atoms with E-state index in [4.69, 9.17) is 4.74 Å². The van der Waals surface area contributed by atoms with E-state index < -0.39 is 17.1 Å². The van der Waals surface area contributed by atoms with Crippen molar-refractivity contribution in [2.45, 2.75) is 32.0 Å². The number of hydrogen-bond donors (Lipinski definition) is 1. The van der Waals surface area contributed by atoms with Crippen LogP contribution < -0.4 is 0 Å². The summed E-state index contributed by atoms with van der Waals surface area (Å²) in [4.78, 5) is 29.0. The van der Waals surface area contributed by atoms with E-state index in [1.165, 1.54) is 0 Å². The quantitative estimate of drug-likeness (QED) is 0.866. The number of hydrogen-bond acceptors (Lipinski definition) is 4. The second kappa shape index (κ2) is 8.25. The first kappa shape index (κ1) is 20.9. The molecule has 6 nitrogen and oxygen atoms in total. The van der Waals surface area contributed by atoms with Gasteiger partial charge >= 0.3 is 6.09 Å². The number of rotatable bonds is 3. The lowest BCUT2D eigenvalue weighted by Gasteiger charge is -2.39. The standard InChI is InChI=1S/C23H28N2O4/c1-22(2,3)29-21(27)25-16-14-24(15-17-25)20(26)23(28,18-10-6-4-7-11-18)19-12-8-5-9-13-19/h4-13,28H,14-17H2,1-3H3. The van der Waals surface area contributed by atoms with Crippen molar-refractivity contribution in [2.75, 3.05) is 26.2 Å². The fraction of sp³-hybridized carbons (Fsp3) is 0.391. The van der Waals surface area contributed by atoms with Crippen LogP contribution in [0.25, 0.3) is 0 Å². The molecule has 29 heavy (non-hydrogen) atoms. The summed E-state index contributed by atoms with van der Waals surface area (Å²) in [6.45, 7) is 6.86. The van der Waals surface area contributed by atoms with E-state index in [1.807, 2.05) is 32.9 Å². The molecule has 0 spiro atoms. The molecule has 154 valence electrons. The number of carbonyl (C=O) groups is 2. The van der Waals surface area contributed by atoms with Crippen molar-refractivity contribution in [2.24, 2.45) is 0 Å². The monoisotopic (exact) mass is 396 g/mol. The van der Waals surface area contributed by atoms with E-state index in [0.717, 1.165) is 0 Å². The Morgan fingerprint density at radius 2 is 1.21 bits per heavy atom. The number of amides is 2. The van der Waals surface area contributed by atoms with Crippen molar-refractivity contribution >= 4 is 12.0 Å². The molecule has 0 aromatic heterocycles. The van der Waals surface area contributed by atoms with Gasteiger partial charge in [-0.05, 0) is 31.9 Å². The van der Waals surface area contributed by atoms with E-state index in [9.17, 15) is 14.7 Å². The lowest BCUT2D eigenvalue weighted by atomic mass is 9.85. The third kappa shape index (κ3) is 4.59. The van der Waals surface area contributed by atoms with Gasteiger partial charge < -0.3 is 19.6 Å². The van der Waals surface area contributed by atoms with Crippen LogP contribution in [0.1, 0.15) is 31.9 Å².